The van der Waals surface area contributed by atoms with E-state index in [1.165, 1.54) is 4.80 Å². The third-order valence-electron chi connectivity index (χ3n) is 2.29. The van der Waals surface area contributed by atoms with Crippen molar-refractivity contribution in [2.75, 3.05) is 5.32 Å². The van der Waals surface area contributed by atoms with Crippen molar-refractivity contribution in [2.45, 2.75) is 19.9 Å². The minimum absolute atomic E-state index is 0.197. The quantitative estimate of drug-likeness (QED) is 0.926. The summed E-state index contributed by atoms with van der Waals surface area (Å²) >= 11 is 3.36. The molecule has 0 bridgehead atoms. The highest BCUT2D eigenvalue weighted by Crippen LogP contribution is 2.16. The van der Waals surface area contributed by atoms with Crippen molar-refractivity contribution in [3.63, 3.8) is 0 Å². The summed E-state index contributed by atoms with van der Waals surface area (Å²) in [4.78, 5) is 13.4. The van der Waals surface area contributed by atoms with Crippen molar-refractivity contribution >= 4 is 27.8 Å². The van der Waals surface area contributed by atoms with Crippen molar-refractivity contribution in [3.8, 4) is 0 Å². The van der Waals surface area contributed by atoms with Crippen LogP contribution in [-0.4, -0.2) is 30.7 Å². The fourth-order valence-corrected chi connectivity index (χ4v) is 2.05. The first-order valence-electron chi connectivity index (χ1n) is 5.51. The minimum Gasteiger partial charge on any atom is -0.342 e. The number of tetrazole rings is 1. The van der Waals surface area contributed by atoms with E-state index in [1.807, 2.05) is 10.8 Å². The Hall–Kier alpha value is -1.70. The van der Waals surface area contributed by atoms with Crippen LogP contribution < -0.4 is 5.32 Å². The summed E-state index contributed by atoms with van der Waals surface area (Å²) in [6.07, 6.45) is 2.83. The fourth-order valence-electron chi connectivity index (χ4n) is 1.59. The number of carbonyl (C=O) groups is 1. The molecule has 2 aromatic heterocycles. The highest BCUT2D eigenvalue weighted by molar-refractivity contribution is 9.10. The normalized spacial score (nSPS) is 10.6. The number of aromatic nitrogens is 5. The van der Waals surface area contributed by atoms with Crippen molar-refractivity contribution < 1.29 is 4.79 Å². The molecule has 2 rings (SSSR count). The van der Waals surface area contributed by atoms with Crippen molar-refractivity contribution in [1.29, 1.82) is 0 Å². The maximum atomic E-state index is 12.1. The molecule has 1 amide bonds. The van der Waals surface area contributed by atoms with Gasteiger partial charge in [0.2, 0.25) is 0 Å². The molecule has 2 heterocycles. The van der Waals surface area contributed by atoms with Gasteiger partial charge in [-0.2, -0.15) is 4.80 Å². The van der Waals surface area contributed by atoms with Gasteiger partial charge in [0.15, 0.2) is 0 Å². The lowest BCUT2D eigenvalue weighted by molar-refractivity contribution is 0.101. The number of hydrogen-bond donors (Lipinski definition) is 1. The molecular formula is C10H13BrN6O. The van der Waals surface area contributed by atoms with Gasteiger partial charge < -0.3 is 4.57 Å². The number of nitrogens with zero attached hydrogens (tertiary/aromatic N) is 5. The molecule has 0 aliphatic rings. The third-order valence-corrected chi connectivity index (χ3v) is 2.73. The second kappa shape index (κ2) is 5.30. The van der Waals surface area contributed by atoms with Crippen LogP contribution in [0.25, 0.3) is 0 Å². The van der Waals surface area contributed by atoms with Gasteiger partial charge in [0.05, 0.1) is 7.05 Å². The van der Waals surface area contributed by atoms with Gasteiger partial charge in [0.25, 0.3) is 11.9 Å². The molecule has 0 saturated heterocycles. The van der Waals surface area contributed by atoms with Gasteiger partial charge >= 0.3 is 0 Å². The van der Waals surface area contributed by atoms with Crippen LogP contribution in [0.1, 0.15) is 23.8 Å². The van der Waals surface area contributed by atoms with E-state index in [9.17, 15) is 4.79 Å². The standard InChI is InChI=1S/C10H13BrN6O/c1-3-4-17-6-7(11)5-8(17)9(18)12-10-13-15-16(2)14-10/h5-6H,3-4H2,1-2H3,(H,12,14,18). The van der Waals surface area contributed by atoms with E-state index in [0.29, 0.717) is 5.69 Å². The van der Waals surface area contributed by atoms with Crippen LogP contribution in [0.2, 0.25) is 0 Å². The van der Waals surface area contributed by atoms with Crippen LogP contribution in [0.3, 0.4) is 0 Å². The van der Waals surface area contributed by atoms with Gasteiger partial charge in [-0.25, -0.2) is 0 Å². The maximum Gasteiger partial charge on any atom is 0.274 e. The Balaban J connectivity index is 2.17. The van der Waals surface area contributed by atoms with Crippen LogP contribution in [-0.2, 0) is 13.6 Å². The first kappa shape index (κ1) is 12.7. The number of rotatable bonds is 4. The lowest BCUT2D eigenvalue weighted by Crippen LogP contribution is -2.17. The zero-order valence-corrected chi connectivity index (χ0v) is 11.7. The Kier molecular flexibility index (Phi) is 3.75. The third kappa shape index (κ3) is 2.76. The largest absolute Gasteiger partial charge is 0.342 e. The van der Waals surface area contributed by atoms with E-state index >= 15 is 0 Å². The second-order valence-corrected chi connectivity index (χ2v) is 4.71. The average Bonchev–Trinajstić information content (AvgIpc) is 2.86. The first-order valence-corrected chi connectivity index (χ1v) is 6.30. The minimum atomic E-state index is -0.248. The van der Waals surface area contributed by atoms with Crippen molar-refractivity contribution in [2.24, 2.45) is 7.05 Å². The molecule has 0 saturated carbocycles. The summed E-state index contributed by atoms with van der Waals surface area (Å²) in [5.74, 6) is -0.0509. The van der Waals surface area contributed by atoms with E-state index in [0.717, 1.165) is 17.4 Å². The predicted molar refractivity (Wildman–Crippen MR) is 69.2 cm³/mol. The fraction of sp³-hybridized carbons (Fsp3) is 0.400. The number of halogens is 1. The van der Waals surface area contributed by atoms with Gasteiger partial charge in [0.1, 0.15) is 5.69 Å². The molecule has 7 nitrogen and oxygen atoms in total. The summed E-state index contributed by atoms with van der Waals surface area (Å²) in [5.41, 5.74) is 0.566. The molecule has 0 radical (unpaired) electrons. The highest BCUT2D eigenvalue weighted by atomic mass is 79.9. The summed E-state index contributed by atoms with van der Waals surface area (Å²) in [6.45, 7) is 2.84. The molecule has 0 aromatic carbocycles. The summed E-state index contributed by atoms with van der Waals surface area (Å²) < 4.78 is 2.75. The molecule has 96 valence electrons. The Bertz CT molecular complexity index is 560. The van der Waals surface area contributed by atoms with Gasteiger partial charge in [-0.15, -0.1) is 5.10 Å². The lowest BCUT2D eigenvalue weighted by atomic mass is 10.4. The predicted octanol–water partition coefficient (Wildman–Crippen LogP) is 1.44. The molecule has 18 heavy (non-hydrogen) atoms. The van der Waals surface area contributed by atoms with Crippen molar-refractivity contribution in [1.82, 2.24) is 24.8 Å². The molecule has 0 spiro atoms. The maximum absolute atomic E-state index is 12.1. The van der Waals surface area contributed by atoms with E-state index in [2.05, 4.69) is 43.6 Å². The molecule has 8 heteroatoms. The monoisotopic (exact) mass is 312 g/mol. The van der Waals surface area contributed by atoms with Crippen LogP contribution in [0.5, 0.6) is 0 Å². The van der Waals surface area contributed by atoms with Gasteiger partial charge in [-0.05, 0) is 33.6 Å². The second-order valence-electron chi connectivity index (χ2n) is 3.79. The number of amides is 1. The SMILES string of the molecule is CCCn1cc(Br)cc1C(=O)Nc1nnn(C)n1. The molecule has 0 atom stereocenters. The zero-order chi connectivity index (χ0) is 13.1. The van der Waals surface area contributed by atoms with Crippen LogP contribution in [0.4, 0.5) is 5.95 Å². The molecule has 2 aromatic rings. The average molecular weight is 313 g/mol. The molecule has 0 unspecified atom stereocenters. The number of nitrogens with one attached hydrogen (secondary N) is 1. The van der Waals surface area contributed by atoms with E-state index < -0.39 is 0 Å². The van der Waals surface area contributed by atoms with Gasteiger partial charge in [0, 0.05) is 17.2 Å². The van der Waals surface area contributed by atoms with Crippen molar-refractivity contribution in [3.05, 3.63) is 22.4 Å². The Morgan fingerprint density at radius 1 is 1.56 bits per heavy atom. The van der Waals surface area contributed by atoms with E-state index in [1.54, 1.807) is 13.1 Å². The van der Waals surface area contributed by atoms with Crippen LogP contribution in [0, 0.1) is 0 Å². The van der Waals surface area contributed by atoms with Crippen LogP contribution in [0.15, 0.2) is 16.7 Å². The highest BCUT2D eigenvalue weighted by Gasteiger charge is 2.14. The summed E-state index contributed by atoms with van der Waals surface area (Å²) in [6, 6.07) is 1.77. The number of aryl methyl sites for hydroxylation is 2. The first-order chi connectivity index (χ1) is 8.60. The molecule has 0 fully saturated rings. The zero-order valence-electron chi connectivity index (χ0n) is 10.1. The molecule has 0 aliphatic heterocycles. The Morgan fingerprint density at radius 3 is 2.94 bits per heavy atom. The van der Waals surface area contributed by atoms with Gasteiger partial charge in [-0.1, -0.05) is 12.0 Å². The van der Waals surface area contributed by atoms with Gasteiger partial charge in [-0.3, -0.25) is 10.1 Å². The molecular weight excluding hydrogens is 300 g/mol. The number of anilines is 1. The topological polar surface area (TPSA) is 77.6 Å². The Labute approximate surface area is 112 Å². The lowest BCUT2D eigenvalue weighted by Gasteiger charge is -2.06. The molecule has 0 aliphatic carbocycles. The Morgan fingerprint density at radius 2 is 2.33 bits per heavy atom. The number of carbonyl (C=O) groups excluding carboxylic acids is 1. The summed E-state index contributed by atoms with van der Waals surface area (Å²) in [5, 5.41) is 13.9. The number of hydrogen-bond acceptors (Lipinski definition) is 4. The molecule has 1 N–H and O–H groups in total. The van der Waals surface area contributed by atoms with E-state index in [-0.39, 0.29) is 11.9 Å². The van der Waals surface area contributed by atoms with E-state index in [4.69, 9.17) is 0 Å². The summed E-state index contributed by atoms with van der Waals surface area (Å²) in [7, 11) is 1.64. The van der Waals surface area contributed by atoms with Crippen LogP contribution >= 0.6 is 15.9 Å². The smallest absolute Gasteiger partial charge is 0.274 e.